The molecule has 29 heavy (non-hydrogen) atoms. The molecule has 1 aromatic carbocycles. The van der Waals surface area contributed by atoms with Crippen molar-refractivity contribution in [1.29, 1.82) is 0 Å². The van der Waals surface area contributed by atoms with Gasteiger partial charge < -0.3 is 25.3 Å². The average molecular weight is 392 g/mol. The van der Waals surface area contributed by atoms with Crippen molar-refractivity contribution in [2.24, 2.45) is 0 Å². The minimum absolute atomic E-state index is 0.0672. The van der Waals surface area contributed by atoms with Crippen LogP contribution in [0.4, 0.5) is 23.1 Å². The number of carbonyl (C=O) groups excluding carboxylic acids is 1. The van der Waals surface area contributed by atoms with E-state index < -0.39 is 0 Å². The van der Waals surface area contributed by atoms with E-state index in [0.29, 0.717) is 24.0 Å². The molecule has 0 bridgehead atoms. The van der Waals surface area contributed by atoms with Crippen LogP contribution >= 0.6 is 0 Å². The van der Waals surface area contributed by atoms with E-state index in [2.05, 4.69) is 32.9 Å². The number of nitrogens with one attached hydrogen (secondary N) is 3. The molecular weight excluding hydrogens is 368 g/mol. The van der Waals surface area contributed by atoms with E-state index in [1.807, 2.05) is 24.3 Å². The van der Waals surface area contributed by atoms with Crippen LogP contribution in [0.3, 0.4) is 0 Å². The molecule has 0 unspecified atom stereocenters. The highest BCUT2D eigenvalue weighted by Gasteiger charge is 2.23. The summed E-state index contributed by atoms with van der Waals surface area (Å²) in [6, 6.07) is 8.19. The number of benzene rings is 1. The quantitative estimate of drug-likeness (QED) is 0.628. The highest BCUT2D eigenvalue weighted by Crippen LogP contribution is 2.31. The third-order valence-corrected chi connectivity index (χ3v) is 5.73. The summed E-state index contributed by atoms with van der Waals surface area (Å²) < 4.78 is 5.70. The van der Waals surface area contributed by atoms with Gasteiger partial charge in [0.1, 0.15) is 5.52 Å². The number of aromatic nitrogens is 2. The van der Waals surface area contributed by atoms with Crippen LogP contribution in [-0.4, -0.2) is 42.1 Å². The van der Waals surface area contributed by atoms with Gasteiger partial charge in [-0.25, -0.2) is 4.98 Å². The minimum Gasteiger partial charge on any atom is -0.459 e. The molecule has 8 nitrogen and oxygen atoms in total. The molecule has 0 radical (unpaired) electrons. The molecule has 0 aliphatic carbocycles. The number of furan rings is 1. The SMILES string of the molecule is CN(c1nc(Nc2ccc3c(c2)CCC(=O)N3)nc2ccoc12)C1CCNCC1. The van der Waals surface area contributed by atoms with Crippen molar-refractivity contribution < 1.29 is 9.21 Å². The monoisotopic (exact) mass is 392 g/mol. The number of piperidine rings is 1. The molecule has 150 valence electrons. The normalized spacial score (nSPS) is 17.1. The first kappa shape index (κ1) is 17.9. The Bertz CT molecular complexity index is 1060. The first-order valence-corrected chi connectivity index (χ1v) is 10.1. The zero-order valence-electron chi connectivity index (χ0n) is 16.4. The number of rotatable bonds is 4. The van der Waals surface area contributed by atoms with Gasteiger partial charge in [0.05, 0.1) is 6.26 Å². The highest BCUT2D eigenvalue weighted by molar-refractivity contribution is 5.94. The van der Waals surface area contributed by atoms with Crippen molar-refractivity contribution in [3.63, 3.8) is 0 Å². The number of carbonyl (C=O) groups is 1. The van der Waals surface area contributed by atoms with Gasteiger partial charge in [-0.2, -0.15) is 4.98 Å². The van der Waals surface area contributed by atoms with E-state index in [1.54, 1.807) is 6.26 Å². The van der Waals surface area contributed by atoms with E-state index in [4.69, 9.17) is 9.40 Å². The summed E-state index contributed by atoms with van der Waals surface area (Å²) in [5.74, 6) is 1.41. The summed E-state index contributed by atoms with van der Waals surface area (Å²) in [5, 5.41) is 9.64. The first-order valence-electron chi connectivity index (χ1n) is 10.1. The second kappa shape index (κ2) is 7.36. The fourth-order valence-electron chi connectivity index (χ4n) is 4.10. The van der Waals surface area contributed by atoms with Crippen LogP contribution < -0.4 is 20.9 Å². The van der Waals surface area contributed by atoms with Gasteiger partial charge in [-0.15, -0.1) is 0 Å². The third-order valence-electron chi connectivity index (χ3n) is 5.73. The maximum atomic E-state index is 11.6. The molecule has 1 amide bonds. The molecule has 5 rings (SSSR count). The molecule has 1 saturated heterocycles. The molecule has 8 heteroatoms. The minimum atomic E-state index is 0.0672. The molecule has 3 aromatic rings. The summed E-state index contributed by atoms with van der Waals surface area (Å²) in [6.07, 6.45) is 5.05. The Morgan fingerprint density at radius 3 is 2.90 bits per heavy atom. The van der Waals surface area contributed by atoms with Gasteiger partial charge in [0.25, 0.3) is 0 Å². The summed E-state index contributed by atoms with van der Waals surface area (Å²) >= 11 is 0. The van der Waals surface area contributed by atoms with Crippen LogP contribution in [0.2, 0.25) is 0 Å². The highest BCUT2D eigenvalue weighted by atomic mass is 16.3. The average Bonchev–Trinajstić information content (AvgIpc) is 3.22. The molecular formula is C21H24N6O2. The van der Waals surface area contributed by atoms with Gasteiger partial charge in [-0.3, -0.25) is 4.79 Å². The van der Waals surface area contributed by atoms with Crippen molar-refractivity contribution in [2.45, 2.75) is 31.7 Å². The van der Waals surface area contributed by atoms with Gasteiger partial charge in [-0.1, -0.05) is 0 Å². The fraction of sp³-hybridized carbons (Fsp3) is 0.381. The van der Waals surface area contributed by atoms with Crippen LogP contribution in [-0.2, 0) is 11.2 Å². The van der Waals surface area contributed by atoms with E-state index >= 15 is 0 Å². The predicted octanol–water partition coefficient (Wildman–Crippen LogP) is 3.04. The number of nitrogens with zero attached hydrogens (tertiary/aromatic N) is 3. The zero-order chi connectivity index (χ0) is 19.8. The van der Waals surface area contributed by atoms with Crippen LogP contribution in [0.15, 0.2) is 34.9 Å². The van der Waals surface area contributed by atoms with Crippen LogP contribution in [0.25, 0.3) is 11.1 Å². The van der Waals surface area contributed by atoms with E-state index in [0.717, 1.165) is 60.6 Å². The lowest BCUT2D eigenvalue weighted by Gasteiger charge is -2.32. The largest absolute Gasteiger partial charge is 0.459 e. The molecule has 4 heterocycles. The molecule has 2 aromatic heterocycles. The Balaban J connectivity index is 1.45. The van der Waals surface area contributed by atoms with E-state index in [1.165, 1.54) is 0 Å². The van der Waals surface area contributed by atoms with Gasteiger partial charge >= 0.3 is 0 Å². The molecule has 2 aliphatic rings. The number of aryl methyl sites for hydroxylation is 1. The van der Waals surface area contributed by atoms with Gasteiger partial charge in [0.2, 0.25) is 11.9 Å². The van der Waals surface area contributed by atoms with Crippen LogP contribution in [0.5, 0.6) is 0 Å². The maximum absolute atomic E-state index is 11.6. The molecule has 0 atom stereocenters. The standard InChI is InChI=1S/C21H24N6O2/c1-27(15-6-9-22-10-7-15)20-19-17(8-11-29-19)25-21(26-20)23-14-3-4-16-13(12-14)2-5-18(28)24-16/h3-4,8,11-12,15,22H,2,5-7,9-10H2,1H3,(H,24,28)(H,23,25,26). The lowest BCUT2D eigenvalue weighted by molar-refractivity contribution is -0.116. The maximum Gasteiger partial charge on any atom is 0.229 e. The topological polar surface area (TPSA) is 95.3 Å². The second-order valence-electron chi connectivity index (χ2n) is 7.64. The van der Waals surface area contributed by atoms with Crippen molar-refractivity contribution in [2.75, 3.05) is 35.7 Å². The Hall–Kier alpha value is -3.13. The molecule has 1 fully saturated rings. The Labute approximate surface area is 168 Å². The van der Waals surface area contributed by atoms with Crippen LogP contribution in [0.1, 0.15) is 24.8 Å². The smallest absolute Gasteiger partial charge is 0.229 e. The summed E-state index contributed by atoms with van der Waals surface area (Å²) in [6.45, 7) is 2.02. The van der Waals surface area contributed by atoms with Crippen molar-refractivity contribution in [3.05, 3.63) is 36.1 Å². The van der Waals surface area contributed by atoms with Gasteiger partial charge in [0.15, 0.2) is 11.4 Å². The van der Waals surface area contributed by atoms with Crippen LogP contribution in [0, 0.1) is 0 Å². The van der Waals surface area contributed by atoms with Crippen molar-refractivity contribution in [3.8, 4) is 0 Å². The van der Waals surface area contributed by atoms with Crippen molar-refractivity contribution >= 4 is 40.1 Å². The van der Waals surface area contributed by atoms with E-state index in [9.17, 15) is 4.79 Å². The third kappa shape index (κ3) is 3.51. The Morgan fingerprint density at radius 1 is 1.17 bits per heavy atom. The lowest BCUT2D eigenvalue weighted by Crippen LogP contribution is -2.41. The van der Waals surface area contributed by atoms with Crippen molar-refractivity contribution in [1.82, 2.24) is 15.3 Å². The number of amides is 1. The summed E-state index contributed by atoms with van der Waals surface area (Å²) in [7, 11) is 2.08. The first-order chi connectivity index (χ1) is 14.2. The fourth-order valence-corrected chi connectivity index (χ4v) is 4.10. The molecule has 0 saturated carbocycles. The summed E-state index contributed by atoms with van der Waals surface area (Å²) in [5.41, 5.74) is 4.39. The molecule has 0 spiro atoms. The number of hydrogen-bond acceptors (Lipinski definition) is 7. The molecule has 2 aliphatic heterocycles. The summed E-state index contributed by atoms with van der Waals surface area (Å²) in [4.78, 5) is 23.2. The predicted molar refractivity (Wildman–Crippen MR) is 113 cm³/mol. The van der Waals surface area contributed by atoms with Gasteiger partial charge in [-0.05, 0) is 56.1 Å². The Kier molecular flexibility index (Phi) is 4.55. The molecule has 3 N–H and O–H groups in total. The lowest BCUT2D eigenvalue weighted by atomic mass is 10.0. The van der Waals surface area contributed by atoms with Gasteiger partial charge in [0, 0.05) is 37.0 Å². The van der Waals surface area contributed by atoms with E-state index in [-0.39, 0.29) is 5.91 Å². The second-order valence-corrected chi connectivity index (χ2v) is 7.64. The zero-order valence-corrected chi connectivity index (χ0v) is 16.4. The number of anilines is 4. The number of hydrogen-bond donors (Lipinski definition) is 3. The number of fused-ring (bicyclic) bond motifs is 2. The Morgan fingerprint density at radius 2 is 2.03 bits per heavy atom.